The number of halogens is 1. The Hall–Kier alpha value is -5.29. The van der Waals surface area contributed by atoms with Gasteiger partial charge >= 0.3 is 6.09 Å². The van der Waals surface area contributed by atoms with Crippen LogP contribution in [0.1, 0.15) is 47.4 Å². The number of carbonyl (C=O) groups excluding carboxylic acids is 1. The second-order valence-corrected chi connectivity index (χ2v) is 11.0. The summed E-state index contributed by atoms with van der Waals surface area (Å²) in [6.07, 6.45) is 5.39. The van der Waals surface area contributed by atoms with Crippen molar-refractivity contribution in [3.63, 3.8) is 0 Å². The summed E-state index contributed by atoms with van der Waals surface area (Å²) in [4.78, 5) is 35.4. The number of amides is 2. The Balaban J connectivity index is 1.35. The molecule has 3 aromatic carbocycles. The summed E-state index contributed by atoms with van der Waals surface area (Å²) in [6.45, 7) is 2.51. The molecule has 0 radical (unpaired) electrons. The van der Waals surface area contributed by atoms with Crippen LogP contribution in [-0.4, -0.2) is 58.7 Å². The molecule has 2 aromatic heterocycles. The number of benzene rings is 3. The molecule has 6 rings (SSSR count). The molecule has 1 saturated heterocycles. The summed E-state index contributed by atoms with van der Waals surface area (Å²) in [5, 5.41) is 23.3. The van der Waals surface area contributed by atoms with E-state index in [1.54, 1.807) is 42.5 Å². The lowest BCUT2D eigenvalue weighted by Crippen LogP contribution is -2.41. The smallest absolute Gasteiger partial charge is 0.409 e. The highest BCUT2D eigenvalue weighted by molar-refractivity contribution is 6.30. The number of hydrogen-bond acceptors (Lipinski definition) is 6. The van der Waals surface area contributed by atoms with Gasteiger partial charge in [0.2, 0.25) is 5.91 Å². The predicted octanol–water partition coefficient (Wildman–Crippen LogP) is 6.26. The molecule has 2 atom stereocenters. The lowest BCUT2D eigenvalue weighted by atomic mass is 9.83. The summed E-state index contributed by atoms with van der Waals surface area (Å²) in [6, 6.07) is 22.2. The van der Waals surface area contributed by atoms with Crippen molar-refractivity contribution in [3.05, 3.63) is 113 Å². The van der Waals surface area contributed by atoms with E-state index in [9.17, 15) is 9.59 Å². The normalized spacial score (nSPS) is 16.7. The number of rotatable bonds is 7. The largest absolute Gasteiger partial charge is 0.465 e. The average molecular weight is 609 g/mol. The van der Waals surface area contributed by atoms with Gasteiger partial charge in [-0.3, -0.25) is 10.1 Å². The number of aromatic nitrogens is 6. The third-order valence-corrected chi connectivity index (χ3v) is 7.96. The molecule has 44 heavy (non-hydrogen) atoms. The number of anilines is 1. The number of likely N-dealkylation sites (tertiary alicyclic amines) is 1. The van der Waals surface area contributed by atoms with Gasteiger partial charge in [0, 0.05) is 46.1 Å². The zero-order valence-corrected chi connectivity index (χ0v) is 24.5. The Morgan fingerprint density at radius 1 is 1.09 bits per heavy atom. The van der Waals surface area contributed by atoms with Crippen molar-refractivity contribution < 1.29 is 14.7 Å². The first-order valence-electron chi connectivity index (χ1n) is 14.1. The number of H-pyrrole nitrogens is 1. The van der Waals surface area contributed by atoms with Crippen LogP contribution in [0.4, 0.5) is 10.5 Å². The first-order chi connectivity index (χ1) is 21.4. The first-order valence-corrected chi connectivity index (χ1v) is 14.5. The summed E-state index contributed by atoms with van der Waals surface area (Å²) in [5.74, 6) is 0.557. The van der Waals surface area contributed by atoms with Crippen molar-refractivity contribution in [2.75, 3.05) is 11.9 Å². The maximum Gasteiger partial charge on any atom is 0.409 e. The van der Waals surface area contributed by atoms with E-state index in [0.29, 0.717) is 34.3 Å². The van der Waals surface area contributed by atoms with Crippen LogP contribution in [0.25, 0.3) is 23.0 Å². The minimum Gasteiger partial charge on any atom is -0.465 e. The Kier molecular flexibility index (Phi) is 8.20. The topological polar surface area (TPSA) is 142 Å². The summed E-state index contributed by atoms with van der Waals surface area (Å²) in [5.41, 5.74) is 5.42. The van der Waals surface area contributed by atoms with E-state index in [0.717, 1.165) is 35.4 Å². The third kappa shape index (κ3) is 6.09. The fourth-order valence-electron chi connectivity index (χ4n) is 5.77. The standard InChI is InChI=1S/C32H29ClN8O3/c1-20-29(22-9-13-25(14-10-22)36-32(43)44)37-31(35-20)30-26(21-6-3-2-4-7-21)8-5-17-40(30)28(42)16-11-23-18-24(33)12-15-27(23)41-19-34-38-39-41/h2-4,6-7,9-16,18-19,26,30,36H,5,8,17H2,1H3,(H,35,37)(H,43,44). The van der Waals surface area contributed by atoms with E-state index >= 15 is 0 Å². The molecule has 11 nitrogen and oxygen atoms in total. The van der Waals surface area contributed by atoms with Crippen LogP contribution in [0, 0.1) is 6.92 Å². The minimum absolute atomic E-state index is 0.0193. The molecule has 1 aliphatic heterocycles. The summed E-state index contributed by atoms with van der Waals surface area (Å²) in [7, 11) is 0. The van der Waals surface area contributed by atoms with Gasteiger partial charge in [-0.15, -0.1) is 5.10 Å². The third-order valence-electron chi connectivity index (χ3n) is 7.73. The number of aryl methyl sites for hydroxylation is 1. The van der Waals surface area contributed by atoms with Crippen molar-refractivity contribution in [2.45, 2.75) is 31.7 Å². The van der Waals surface area contributed by atoms with E-state index in [4.69, 9.17) is 21.7 Å². The van der Waals surface area contributed by atoms with E-state index < -0.39 is 6.09 Å². The number of hydrogen-bond donors (Lipinski definition) is 3. The lowest BCUT2D eigenvalue weighted by molar-refractivity contribution is -0.130. The Morgan fingerprint density at radius 2 is 1.89 bits per heavy atom. The van der Waals surface area contributed by atoms with Crippen molar-refractivity contribution >= 4 is 35.4 Å². The van der Waals surface area contributed by atoms with Crippen molar-refractivity contribution in [1.82, 2.24) is 35.1 Å². The number of nitrogens with zero attached hydrogens (tertiary/aromatic N) is 6. The van der Waals surface area contributed by atoms with Crippen LogP contribution >= 0.6 is 11.6 Å². The van der Waals surface area contributed by atoms with Gasteiger partial charge in [0.15, 0.2) is 0 Å². The summed E-state index contributed by atoms with van der Waals surface area (Å²) < 4.78 is 1.52. The zero-order valence-electron chi connectivity index (χ0n) is 23.8. The van der Waals surface area contributed by atoms with Crippen LogP contribution in [0.3, 0.4) is 0 Å². The molecule has 0 aliphatic carbocycles. The Labute approximate surface area is 258 Å². The highest BCUT2D eigenvalue weighted by atomic mass is 35.5. The molecular weight excluding hydrogens is 580 g/mol. The Bertz CT molecular complexity index is 1800. The van der Waals surface area contributed by atoms with Gasteiger partial charge in [-0.2, -0.15) is 4.68 Å². The number of piperidine rings is 1. The van der Waals surface area contributed by atoms with Gasteiger partial charge in [0.05, 0.1) is 17.4 Å². The molecule has 0 bridgehead atoms. The molecule has 3 N–H and O–H groups in total. The van der Waals surface area contributed by atoms with Crippen molar-refractivity contribution in [3.8, 4) is 16.9 Å². The molecule has 0 spiro atoms. The van der Waals surface area contributed by atoms with Crippen LogP contribution in [0.5, 0.6) is 0 Å². The molecule has 2 unspecified atom stereocenters. The number of aromatic amines is 1. The van der Waals surface area contributed by atoms with Gasteiger partial charge < -0.3 is 15.0 Å². The number of carbonyl (C=O) groups is 2. The molecule has 5 aromatic rings. The summed E-state index contributed by atoms with van der Waals surface area (Å²) >= 11 is 6.30. The Morgan fingerprint density at radius 3 is 2.61 bits per heavy atom. The SMILES string of the molecule is Cc1[nH]c(C2C(c3ccccc3)CCCN2C(=O)C=Cc2cc(Cl)ccc2-n2cnnn2)nc1-c1ccc(NC(=O)O)cc1. The van der Waals surface area contributed by atoms with Gasteiger partial charge in [-0.25, -0.2) is 9.78 Å². The quantitative estimate of drug-likeness (QED) is 0.185. The molecule has 3 heterocycles. The van der Waals surface area contributed by atoms with Crippen LogP contribution in [-0.2, 0) is 4.79 Å². The average Bonchev–Trinajstić information content (AvgIpc) is 3.70. The highest BCUT2D eigenvalue weighted by Crippen LogP contribution is 2.42. The number of carboxylic acid groups (broad SMARTS) is 1. The molecule has 1 fully saturated rings. The lowest BCUT2D eigenvalue weighted by Gasteiger charge is -2.40. The van der Waals surface area contributed by atoms with Crippen LogP contribution < -0.4 is 5.32 Å². The monoisotopic (exact) mass is 608 g/mol. The number of tetrazole rings is 1. The van der Waals surface area contributed by atoms with Crippen LogP contribution in [0.2, 0.25) is 5.02 Å². The van der Waals surface area contributed by atoms with Crippen molar-refractivity contribution in [1.29, 1.82) is 0 Å². The van der Waals surface area contributed by atoms with Gasteiger partial charge in [-0.1, -0.05) is 54.1 Å². The van der Waals surface area contributed by atoms with E-state index in [2.05, 4.69) is 38.0 Å². The maximum absolute atomic E-state index is 14.0. The first kappa shape index (κ1) is 28.8. The fourth-order valence-corrected chi connectivity index (χ4v) is 5.95. The molecule has 222 valence electrons. The van der Waals surface area contributed by atoms with Crippen LogP contribution in [0.15, 0.2) is 85.2 Å². The van der Waals surface area contributed by atoms with Gasteiger partial charge in [0.25, 0.3) is 0 Å². The highest BCUT2D eigenvalue weighted by Gasteiger charge is 2.38. The molecule has 1 aliphatic rings. The molecule has 2 amide bonds. The maximum atomic E-state index is 14.0. The van der Waals surface area contributed by atoms with E-state index in [1.165, 1.54) is 11.0 Å². The second kappa shape index (κ2) is 12.5. The second-order valence-electron chi connectivity index (χ2n) is 10.5. The number of imidazole rings is 1. The minimum atomic E-state index is -1.12. The molecule has 12 heteroatoms. The van der Waals surface area contributed by atoms with E-state index in [-0.39, 0.29) is 17.9 Å². The van der Waals surface area contributed by atoms with Crippen molar-refractivity contribution in [2.24, 2.45) is 0 Å². The van der Waals surface area contributed by atoms with E-state index in [1.807, 2.05) is 42.2 Å². The zero-order chi connectivity index (χ0) is 30.6. The predicted molar refractivity (Wildman–Crippen MR) is 166 cm³/mol. The fraction of sp³-hybridized carbons (Fsp3) is 0.188. The van der Waals surface area contributed by atoms with Gasteiger partial charge in [0.1, 0.15) is 12.2 Å². The van der Waals surface area contributed by atoms with Gasteiger partial charge in [-0.05, 0) is 72.2 Å². The number of nitrogens with one attached hydrogen (secondary N) is 2. The molecule has 0 saturated carbocycles. The molecular formula is C32H29ClN8O3.